The Bertz CT molecular complexity index is 690. The summed E-state index contributed by atoms with van der Waals surface area (Å²) < 4.78 is 5.84. The number of carbonyl (C=O) groups is 1. The Balaban J connectivity index is 1.62. The molecular weight excluding hydrogens is 314 g/mol. The molecular formula is C20H27N3O2. The van der Waals surface area contributed by atoms with Crippen LogP contribution in [-0.4, -0.2) is 34.9 Å². The molecule has 134 valence electrons. The summed E-state index contributed by atoms with van der Waals surface area (Å²) in [6.45, 7) is 7.23. The maximum atomic E-state index is 12.5. The maximum absolute atomic E-state index is 12.5. The van der Waals surface area contributed by atoms with Crippen LogP contribution < -0.4 is 5.32 Å². The van der Waals surface area contributed by atoms with Gasteiger partial charge in [-0.15, -0.1) is 0 Å². The van der Waals surface area contributed by atoms with Gasteiger partial charge in [-0.3, -0.25) is 14.7 Å². The second kappa shape index (κ2) is 8.30. The molecule has 1 fully saturated rings. The topological polar surface area (TPSA) is 58.4 Å². The zero-order valence-electron chi connectivity index (χ0n) is 15.1. The molecule has 2 aromatic rings. The van der Waals surface area contributed by atoms with Gasteiger partial charge in [0.1, 0.15) is 5.76 Å². The minimum absolute atomic E-state index is 0.0344. The molecule has 0 saturated carbocycles. The molecule has 1 unspecified atom stereocenters. The lowest BCUT2D eigenvalue weighted by molar-refractivity contribution is 0.0910. The molecule has 0 aliphatic carbocycles. The van der Waals surface area contributed by atoms with Gasteiger partial charge >= 0.3 is 0 Å². The summed E-state index contributed by atoms with van der Waals surface area (Å²) in [4.78, 5) is 19.0. The number of hydrogen-bond acceptors (Lipinski definition) is 4. The normalized spacial score (nSPS) is 16.1. The number of hydrogen-bond donors (Lipinski definition) is 1. The van der Waals surface area contributed by atoms with Crippen LogP contribution in [0.4, 0.5) is 0 Å². The Labute approximate surface area is 149 Å². The van der Waals surface area contributed by atoms with Gasteiger partial charge in [0.25, 0.3) is 5.91 Å². The van der Waals surface area contributed by atoms with Crippen LogP contribution in [0.5, 0.6) is 0 Å². The SMILES string of the molecule is CCc1oc(C(=O)NC(C)Cc2ccncc2)cc1CN1CCCC1. The lowest BCUT2D eigenvalue weighted by atomic mass is 10.1. The Morgan fingerprint density at radius 1 is 1.32 bits per heavy atom. The third-order valence-electron chi connectivity index (χ3n) is 4.70. The van der Waals surface area contributed by atoms with Crippen molar-refractivity contribution in [2.75, 3.05) is 13.1 Å². The molecule has 0 bridgehead atoms. The lowest BCUT2D eigenvalue weighted by Crippen LogP contribution is -2.33. The van der Waals surface area contributed by atoms with Crippen molar-refractivity contribution >= 4 is 5.91 Å². The molecule has 25 heavy (non-hydrogen) atoms. The molecule has 1 aliphatic heterocycles. The standard InChI is InChI=1S/C20H27N3O2/c1-3-18-17(14-23-10-4-5-11-23)13-19(25-18)20(24)22-15(2)12-16-6-8-21-9-7-16/h6-9,13,15H,3-5,10-12,14H2,1-2H3,(H,22,24). The second-order valence-corrected chi connectivity index (χ2v) is 6.83. The number of carbonyl (C=O) groups excluding carboxylic acids is 1. The van der Waals surface area contributed by atoms with Gasteiger partial charge in [-0.25, -0.2) is 0 Å². The van der Waals surface area contributed by atoms with Crippen LogP contribution in [0.3, 0.4) is 0 Å². The lowest BCUT2D eigenvalue weighted by Gasteiger charge is -2.13. The van der Waals surface area contributed by atoms with Gasteiger partial charge in [0.05, 0.1) is 0 Å². The summed E-state index contributed by atoms with van der Waals surface area (Å²) in [7, 11) is 0. The first kappa shape index (κ1) is 17.7. The minimum atomic E-state index is -0.135. The molecule has 0 aromatic carbocycles. The van der Waals surface area contributed by atoms with E-state index in [0.29, 0.717) is 5.76 Å². The number of nitrogens with zero attached hydrogens (tertiary/aromatic N) is 2. The van der Waals surface area contributed by atoms with Crippen LogP contribution >= 0.6 is 0 Å². The second-order valence-electron chi connectivity index (χ2n) is 6.83. The van der Waals surface area contributed by atoms with Crippen molar-refractivity contribution in [2.45, 2.75) is 52.1 Å². The van der Waals surface area contributed by atoms with E-state index in [1.807, 2.05) is 25.1 Å². The Morgan fingerprint density at radius 2 is 2.04 bits per heavy atom. The van der Waals surface area contributed by atoms with Crippen molar-refractivity contribution in [1.29, 1.82) is 0 Å². The molecule has 1 N–H and O–H groups in total. The Kier molecular flexibility index (Phi) is 5.87. The van der Waals surface area contributed by atoms with Crippen molar-refractivity contribution in [3.8, 4) is 0 Å². The monoisotopic (exact) mass is 341 g/mol. The first-order chi connectivity index (χ1) is 12.2. The van der Waals surface area contributed by atoms with E-state index in [1.54, 1.807) is 12.4 Å². The maximum Gasteiger partial charge on any atom is 0.287 e. The van der Waals surface area contributed by atoms with Gasteiger partial charge in [0.15, 0.2) is 5.76 Å². The third kappa shape index (κ3) is 4.69. The number of pyridine rings is 1. The highest BCUT2D eigenvalue weighted by atomic mass is 16.4. The number of furan rings is 1. The smallest absolute Gasteiger partial charge is 0.287 e. The van der Waals surface area contributed by atoms with Crippen molar-refractivity contribution in [3.05, 3.63) is 53.2 Å². The highest BCUT2D eigenvalue weighted by Crippen LogP contribution is 2.21. The molecule has 1 atom stereocenters. The average molecular weight is 341 g/mol. The summed E-state index contributed by atoms with van der Waals surface area (Å²) in [5.41, 5.74) is 2.31. The molecule has 5 heteroatoms. The summed E-state index contributed by atoms with van der Waals surface area (Å²) in [6, 6.07) is 5.90. The van der Waals surface area contributed by atoms with Gasteiger partial charge in [0.2, 0.25) is 0 Å². The van der Waals surface area contributed by atoms with E-state index in [4.69, 9.17) is 4.42 Å². The molecule has 1 aliphatic rings. The van der Waals surface area contributed by atoms with Crippen LogP contribution in [0, 0.1) is 0 Å². The van der Waals surface area contributed by atoms with E-state index < -0.39 is 0 Å². The summed E-state index contributed by atoms with van der Waals surface area (Å²) in [5.74, 6) is 1.22. The van der Waals surface area contributed by atoms with Gasteiger partial charge in [-0.2, -0.15) is 0 Å². The largest absolute Gasteiger partial charge is 0.456 e. The number of nitrogens with one attached hydrogen (secondary N) is 1. The van der Waals surface area contributed by atoms with Crippen molar-refractivity contribution < 1.29 is 9.21 Å². The van der Waals surface area contributed by atoms with E-state index in [0.717, 1.165) is 49.4 Å². The molecule has 3 heterocycles. The van der Waals surface area contributed by atoms with Crippen LogP contribution in [0.1, 0.15) is 54.1 Å². The number of rotatable bonds is 7. The number of likely N-dealkylation sites (tertiary alicyclic amines) is 1. The molecule has 1 saturated heterocycles. The number of aryl methyl sites for hydroxylation is 1. The van der Waals surface area contributed by atoms with Crippen LogP contribution in [-0.2, 0) is 19.4 Å². The Hall–Kier alpha value is -2.14. The number of amides is 1. The van der Waals surface area contributed by atoms with E-state index in [1.165, 1.54) is 12.8 Å². The van der Waals surface area contributed by atoms with Crippen LogP contribution in [0.15, 0.2) is 35.0 Å². The molecule has 0 radical (unpaired) electrons. The molecule has 3 rings (SSSR count). The first-order valence-corrected chi connectivity index (χ1v) is 9.19. The van der Waals surface area contributed by atoms with Gasteiger partial charge < -0.3 is 9.73 Å². The highest BCUT2D eigenvalue weighted by molar-refractivity contribution is 5.92. The molecule has 0 spiro atoms. The van der Waals surface area contributed by atoms with Gasteiger partial charge in [0, 0.05) is 37.0 Å². The highest BCUT2D eigenvalue weighted by Gasteiger charge is 2.20. The van der Waals surface area contributed by atoms with E-state index >= 15 is 0 Å². The van der Waals surface area contributed by atoms with Crippen molar-refractivity contribution in [3.63, 3.8) is 0 Å². The summed E-state index contributed by atoms with van der Waals surface area (Å²) in [6.07, 6.45) is 7.65. The van der Waals surface area contributed by atoms with E-state index in [9.17, 15) is 4.79 Å². The average Bonchev–Trinajstić information content (AvgIpc) is 3.25. The zero-order chi connectivity index (χ0) is 17.6. The molecule has 1 amide bonds. The van der Waals surface area contributed by atoms with E-state index in [2.05, 4.69) is 22.1 Å². The van der Waals surface area contributed by atoms with Crippen LogP contribution in [0.2, 0.25) is 0 Å². The third-order valence-corrected chi connectivity index (χ3v) is 4.70. The van der Waals surface area contributed by atoms with Gasteiger partial charge in [-0.05, 0) is 63.0 Å². The number of aromatic nitrogens is 1. The minimum Gasteiger partial charge on any atom is -0.456 e. The van der Waals surface area contributed by atoms with Gasteiger partial charge in [-0.1, -0.05) is 6.92 Å². The molecule has 2 aromatic heterocycles. The summed E-state index contributed by atoms with van der Waals surface area (Å²) in [5, 5.41) is 3.04. The van der Waals surface area contributed by atoms with Crippen LogP contribution in [0.25, 0.3) is 0 Å². The fourth-order valence-electron chi connectivity index (χ4n) is 3.41. The van der Waals surface area contributed by atoms with Crippen molar-refractivity contribution in [1.82, 2.24) is 15.2 Å². The predicted molar refractivity (Wildman–Crippen MR) is 97.5 cm³/mol. The quantitative estimate of drug-likeness (QED) is 0.840. The predicted octanol–water partition coefficient (Wildman–Crippen LogP) is 3.19. The molecule has 5 nitrogen and oxygen atoms in total. The first-order valence-electron chi connectivity index (χ1n) is 9.19. The Morgan fingerprint density at radius 3 is 2.72 bits per heavy atom. The fraction of sp³-hybridized carbons (Fsp3) is 0.500. The van der Waals surface area contributed by atoms with Crippen molar-refractivity contribution in [2.24, 2.45) is 0 Å². The fourth-order valence-corrected chi connectivity index (χ4v) is 3.41. The summed E-state index contributed by atoms with van der Waals surface area (Å²) >= 11 is 0. The zero-order valence-corrected chi connectivity index (χ0v) is 15.1. The van der Waals surface area contributed by atoms with E-state index in [-0.39, 0.29) is 11.9 Å².